The molecule has 0 heterocycles. The van der Waals surface area contributed by atoms with Gasteiger partial charge in [0.25, 0.3) is 11.8 Å². The maximum Gasteiger partial charge on any atom is 0.255 e. The fraction of sp³-hybridized carbons (Fsp3) is 0.263. The van der Waals surface area contributed by atoms with Crippen molar-refractivity contribution in [1.82, 2.24) is 5.32 Å². The third kappa shape index (κ3) is 5.39. The Kier molecular flexibility index (Phi) is 6.38. The molecule has 2 aromatic carbocycles. The number of hydrogen-bond acceptors (Lipinski definition) is 2. The highest BCUT2D eigenvalue weighted by atomic mass is 35.5. The molecule has 0 bridgehead atoms. The predicted molar refractivity (Wildman–Crippen MR) is 97.6 cm³/mol. The first-order valence-electron chi connectivity index (χ1n) is 7.91. The summed E-state index contributed by atoms with van der Waals surface area (Å²) in [5.41, 5.74) is 1.70. The first kappa shape index (κ1) is 18.0. The minimum atomic E-state index is -0.232. The van der Waals surface area contributed by atoms with Crippen LogP contribution in [0, 0.1) is 5.92 Å². The first-order valence-corrected chi connectivity index (χ1v) is 8.28. The van der Waals surface area contributed by atoms with Crippen LogP contribution < -0.4 is 10.6 Å². The van der Waals surface area contributed by atoms with E-state index in [2.05, 4.69) is 24.5 Å². The molecule has 2 N–H and O–H groups in total. The Morgan fingerprint density at radius 1 is 0.917 bits per heavy atom. The lowest BCUT2D eigenvalue weighted by atomic mass is 10.1. The van der Waals surface area contributed by atoms with E-state index in [1.807, 2.05) is 0 Å². The van der Waals surface area contributed by atoms with Crippen molar-refractivity contribution >= 4 is 29.1 Å². The smallest absolute Gasteiger partial charge is 0.255 e. The average Bonchev–Trinajstić information content (AvgIpc) is 2.56. The van der Waals surface area contributed by atoms with Crippen LogP contribution in [0.1, 0.15) is 41.0 Å². The molecule has 0 aliphatic rings. The summed E-state index contributed by atoms with van der Waals surface area (Å²) in [5, 5.41) is 6.27. The zero-order valence-electron chi connectivity index (χ0n) is 13.8. The van der Waals surface area contributed by atoms with Crippen molar-refractivity contribution in [3.63, 3.8) is 0 Å². The lowest BCUT2D eigenvalue weighted by molar-refractivity contribution is 0.0950. The second kappa shape index (κ2) is 8.50. The summed E-state index contributed by atoms with van der Waals surface area (Å²) in [6, 6.07) is 13.5. The van der Waals surface area contributed by atoms with Gasteiger partial charge in [0.2, 0.25) is 0 Å². The van der Waals surface area contributed by atoms with Crippen LogP contribution >= 0.6 is 11.6 Å². The van der Waals surface area contributed by atoms with E-state index in [9.17, 15) is 9.59 Å². The largest absolute Gasteiger partial charge is 0.352 e. The van der Waals surface area contributed by atoms with Gasteiger partial charge in [-0.1, -0.05) is 25.4 Å². The molecule has 2 amide bonds. The normalized spacial score (nSPS) is 10.5. The van der Waals surface area contributed by atoms with Crippen molar-refractivity contribution in [3.05, 3.63) is 64.7 Å². The summed E-state index contributed by atoms with van der Waals surface area (Å²) >= 11 is 5.82. The van der Waals surface area contributed by atoms with E-state index in [4.69, 9.17) is 11.6 Å². The van der Waals surface area contributed by atoms with Crippen LogP contribution in [0.2, 0.25) is 5.02 Å². The molecule has 0 aliphatic carbocycles. The lowest BCUT2D eigenvalue weighted by Gasteiger charge is -2.08. The number of nitrogens with one attached hydrogen (secondary N) is 2. The highest BCUT2D eigenvalue weighted by Crippen LogP contribution is 2.15. The molecule has 0 fully saturated rings. The molecule has 0 radical (unpaired) electrons. The molecule has 4 nitrogen and oxygen atoms in total. The second-order valence-electron chi connectivity index (χ2n) is 5.98. The maximum atomic E-state index is 12.2. The quantitative estimate of drug-likeness (QED) is 0.817. The SMILES string of the molecule is CC(C)CCNC(=O)c1ccc(C(=O)Nc2ccc(Cl)cc2)cc1. The fourth-order valence-electron chi connectivity index (χ4n) is 2.09. The molecule has 2 aromatic rings. The molecule has 5 heteroatoms. The second-order valence-corrected chi connectivity index (χ2v) is 6.41. The van der Waals surface area contributed by atoms with Gasteiger partial charge >= 0.3 is 0 Å². The standard InChI is InChI=1S/C19H21ClN2O2/c1-13(2)11-12-21-18(23)14-3-5-15(6-4-14)19(24)22-17-9-7-16(20)8-10-17/h3-10,13H,11-12H2,1-2H3,(H,21,23)(H,22,24). The Morgan fingerprint density at radius 3 is 2.00 bits per heavy atom. The van der Waals surface area contributed by atoms with Crippen molar-refractivity contribution < 1.29 is 9.59 Å². The number of amides is 2. The van der Waals surface area contributed by atoms with Crippen molar-refractivity contribution in [2.75, 3.05) is 11.9 Å². The predicted octanol–water partition coefficient (Wildman–Crippen LogP) is 4.37. The lowest BCUT2D eigenvalue weighted by Crippen LogP contribution is -2.25. The van der Waals surface area contributed by atoms with Gasteiger partial charge in [-0.2, -0.15) is 0 Å². The Morgan fingerprint density at radius 2 is 1.46 bits per heavy atom. The number of hydrogen-bond donors (Lipinski definition) is 2. The minimum Gasteiger partial charge on any atom is -0.352 e. The van der Waals surface area contributed by atoms with E-state index in [1.165, 1.54) is 0 Å². The van der Waals surface area contributed by atoms with E-state index < -0.39 is 0 Å². The zero-order valence-corrected chi connectivity index (χ0v) is 14.6. The maximum absolute atomic E-state index is 12.2. The van der Waals surface area contributed by atoms with Crippen LogP contribution in [-0.4, -0.2) is 18.4 Å². The molecule has 0 aliphatic heterocycles. The third-order valence-electron chi connectivity index (χ3n) is 3.52. The Bertz CT molecular complexity index is 694. The minimum absolute atomic E-state index is 0.125. The van der Waals surface area contributed by atoms with Crippen molar-refractivity contribution in [2.45, 2.75) is 20.3 Å². The summed E-state index contributed by atoms with van der Waals surface area (Å²) in [7, 11) is 0. The van der Waals surface area contributed by atoms with Gasteiger partial charge in [0, 0.05) is 28.4 Å². The highest BCUT2D eigenvalue weighted by Gasteiger charge is 2.09. The summed E-state index contributed by atoms with van der Waals surface area (Å²) in [6.07, 6.45) is 0.938. The van der Waals surface area contributed by atoms with Crippen LogP contribution in [0.5, 0.6) is 0 Å². The fourth-order valence-corrected chi connectivity index (χ4v) is 2.21. The van der Waals surface area contributed by atoms with Gasteiger partial charge in [-0.15, -0.1) is 0 Å². The number of carbonyl (C=O) groups excluding carboxylic acids is 2. The number of halogens is 1. The van der Waals surface area contributed by atoms with Crippen LogP contribution in [0.25, 0.3) is 0 Å². The number of rotatable bonds is 6. The van der Waals surface area contributed by atoms with E-state index in [-0.39, 0.29) is 11.8 Å². The molecular weight excluding hydrogens is 324 g/mol. The van der Waals surface area contributed by atoms with Gasteiger partial charge in [0.15, 0.2) is 0 Å². The molecule has 0 atom stereocenters. The zero-order chi connectivity index (χ0) is 17.5. The summed E-state index contributed by atoms with van der Waals surface area (Å²) in [6.45, 7) is 4.87. The van der Waals surface area contributed by atoms with Gasteiger partial charge in [-0.3, -0.25) is 9.59 Å². The Hall–Kier alpha value is -2.33. The molecule has 0 spiro atoms. The number of anilines is 1. The van der Waals surface area contributed by atoms with Crippen molar-refractivity contribution in [2.24, 2.45) is 5.92 Å². The van der Waals surface area contributed by atoms with Crippen LogP contribution in [0.4, 0.5) is 5.69 Å². The van der Waals surface area contributed by atoms with Gasteiger partial charge < -0.3 is 10.6 Å². The molecule has 0 aromatic heterocycles. The van der Waals surface area contributed by atoms with Gasteiger partial charge in [-0.25, -0.2) is 0 Å². The summed E-state index contributed by atoms with van der Waals surface area (Å²) < 4.78 is 0. The molecule has 0 unspecified atom stereocenters. The summed E-state index contributed by atoms with van der Waals surface area (Å²) in [5.74, 6) is 0.189. The number of carbonyl (C=O) groups is 2. The number of benzene rings is 2. The first-order chi connectivity index (χ1) is 11.5. The van der Waals surface area contributed by atoms with Crippen molar-refractivity contribution in [3.8, 4) is 0 Å². The third-order valence-corrected chi connectivity index (χ3v) is 3.77. The van der Waals surface area contributed by atoms with Gasteiger partial charge in [0.1, 0.15) is 0 Å². The van der Waals surface area contributed by atoms with Gasteiger partial charge in [-0.05, 0) is 60.9 Å². The molecule has 0 saturated carbocycles. The monoisotopic (exact) mass is 344 g/mol. The van der Waals surface area contributed by atoms with E-state index >= 15 is 0 Å². The van der Waals surface area contributed by atoms with E-state index in [0.717, 1.165) is 6.42 Å². The molecule has 2 rings (SSSR count). The van der Waals surface area contributed by atoms with E-state index in [1.54, 1.807) is 48.5 Å². The average molecular weight is 345 g/mol. The topological polar surface area (TPSA) is 58.2 Å². The van der Waals surface area contributed by atoms with Crippen LogP contribution in [0.15, 0.2) is 48.5 Å². The van der Waals surface area contributed by atoms with Gasteiger partial charge in [0.05, 0.1) is 0 Å². The Labute approximate surface area is 147 Å². The molecular formula is C19H21ClN2O2. The molecule has 0 saturated heterocycles. The Balaban J connectivity index is 1.94. The van der Waals surface area contributed by atoms with Crippen molar-refractivity contribution in [1.29, 1.82) is 0 Å². The molecule has 126 valence electrons. The van der Waals surface area contributed by atoms with E-state index in [0.29, 0.717) is 34.3 Å². The van der Waals surface area contributed by atoms with Crippen LogP contribution in [0.3, 0.4) is 0 Å². The highest BCUT2D eigenvalue weighted by molar-refractivity contribution is 6.30. The van der Waals surface area contributed by atoms with Crippen LogP contribution in [-0.2, 0) is 0 Å². The summed E-state index contributed by atoms with van der Waals surface area (Å²) in [4.78, 5) is 24.2. The molecule has 24 heavy (non-hydrogen) atoms.